The molecular weight excluding hydrogens is 463 g/mol. The minimum absolute atomic E-state index is 0.0231. The lowest BCUT2D eigenvalue weighted by Crippen LogP contribution is -2.55. The normalized spacial score (nSPS) is 16.4. The zero-order chi connectivity index (χ0) is 25.0. The van der Waals surface area contributed by atoms with Crippen LogP contribution in [-0.4, -0.2) is 78.4 Å². The Bertz CT molecular complexity index is 805. The number of alkyl halides is 1. The van der Waals surface area contributed by atoms with E-state index in [1.165, 1.54) is 5.01 Å². The summed E-state index contributed by atoms with van der Waals surface area (Å²) in [6.07, 6.45) is 3.46. The molecular formula is C23H38Cl2N6O2. The number of amides is 1. The van der Waals surface area contributed by atoms with E-state index in [0.717, 1.165) is 18.8 Å². The van der Waals surface area contributed by atoms with Crippen molar-refractivity contribution in [2.75, 3.05) is 50.6 Å². The van der Waals surface area contributed by atoms with Gasteiger partial charge in [-0.3, -0.25) is 14.8 Å². The number of amidine groups is 1. The van der Waals surface area contributed by atoms with Gasteiger partial charge in [0.05, 0.1) is 18.0 Å². The summed E-state index contributed by atoms with van der Waals surface area (Å²) in [6.45, 7) is 12.6. The average Bonchev–Trinajstić information content (AvgIpc) is 2.83. The maximum Gasteiger partial charge on any atom is 0.244 e. The molecule has 8 nitrogen and oxygen atoms in total. The van der Waals surface area contributed by atoms with E-state index in [4.69, 9.17) is 33.8 Å². The zero-order valence-corrected chi connectivity index (χ0v) is 22.1. The monoisotopic (exact) mass is 500 g/mol. The van der Waals surface area contributed by atoms with Crippen LogP contribution in [0.4, 0.5) is 5.69 Å². The molecule has 2 rings (SSSR count). The average molecular weight is 502 g/mol. The number of allylic oxidation sites excluding steroid dienone is 1. The second-order valence-corrected chi connectivity index (χ2v) is 7.90. The van der Waals surface area contributed by atoms with Crippen LogP contribution in [0.2, 0.25) is 5.02 Å². The highest BCUT2D eigenvalue weighted by Crippen LogP contribution is 2.30. The zero-order valence-electron chi connectivity index (χ0n) is 20.6. The minimum atomic E-state index is 0.0231. The molecule has 0 saturated carbocycles. The molecule has 1 aliphatic heterocycles. The van der Waals surface area contributed by atoms with Gasteiger partial charge in [-0.05, 0) is 32.9 Å². The number of hydrogen-bond acceptors (Lipinski definition) is 6. The predicted octanol–water partition coefficient (Wildman–Crippen LogP) is 4.00. The lowest BCUT2D eigenvalue weighted by Gasteiger charge is -2.41. The molecule has 0 radical (unpaired) electrons. The molecule has 1 saturated heterocycles. The second-order valence-electron chi connectivity index (χ2n) is 7.22. The predicted molar refractivity (Wildman–Crippen MR) is 139 cm³/mol. The Kier molecular flexibility index (Phi) is 13.0. The quantitative estimate of drug-likeness (QED) is 0.191. The molecule has 1 aromatic carbocycles. The van der Waals surface area contributed by atoms with Crippen molar-refractivity contribution in [3.63, 3.8) is 0 Å². The van der Waals surface area contributed by atoms with Crippen molar-refractivity contribution in [3.05, 3.63) is 35.5 Å². The summed E-state index contributed by atoms with van der Waals surface area (Å²) in [6, 6.07) is 5.78. The van der Waals surface area contributed by atoms with E-state index in [2.05, 4.69) is 16.9 Å². The molecule has 0 spiro atoms. The number of carbonyl (C=O) groups excluding carboxylic acids is 1. The van der Waals surface area contributed by atoms with Crippen LogP contribution < -0.4 is 15.5 Å². The molecule has 0 aliphatic carbocycles. The second kappa shape index (κ2) is 14.9. The Morgan fingerprint density at radius 3 is 2.61 bits per heavy atom. The topological polar surface area (TPSA) is 77.6 Å². The van der Waals surface area contributed by atoms with Crippen molar-refractivity contribution in [3.8, 4) is 5.75 Å². The molecule has 0 aromatic heterocycles. The molecule has 1 aromatic rings. The lowest BCUT2D eigenvalue weighted by atomic mass is 10.1. The van der Waals surface area contributed by atoms with Gasteiger partial charge in [0.2, 0.25) is 5.91 Å². The first-order chi connectivity index (χ1) is 15.8. The molecule has 186 valence electrons. The number of benzene rings is 1. The van der Waals surface area contributed by atoms with Crippen LogP contribution in [0.25, 0.3) is 0 Å². The highest BCUT2D eigenvalue weighted by atomic mass is 35.5. The van der Waals surface area contributed by atoms with E-state index in [9.17, 15) is 4.79 Å². The van der Waals surface area contributed by atoms with Gasteiger partial charge in [0.1, 0.15) is 12.3 Å². The number of anilines is 1. The van der Waals surface area contributed by atoms with Crippen LogP contribution in [0.5, 0.6) is 5.75 Å². The number of hydrogen-bond donors (Lipinski definition) is 1. The fraction of sp³-hybridized carbons (Fsp3) is 0.565. The van der Waals surface area contributed by atoms with Gasteiger partial charge in [-0.15, -0.1) is 11.6 Å². The lowest BCUT2D eigenvalue weighted by molar-refractivity contribution is -0.134. The number of hydrazone groups is 1. The van der Waals surface area contributed by atoms with Crippen LogP contribution >= 0.6 is 23.2 Å². The number of rotatable bonds is 8. The summed E-state index contributed by atoms with van der Waals surface area (Å²) in [5, 5.41) is 8.09. The van der Waals surface area contributed by atoms with Gasteiger partial charge in [0, 0.05) is 50.2 Å². The molecule has 1 unspecified atom stereocenters. The van der Waals surface area contributed by atoms with Crippen LogP contribution in [0.3, 0.4) is 0 Å². The first kappa shape index (κ1) is 28.9. The largest absolute Gasteiger partial charge is 0.495 e. The van der Waals surface area contributed by atoms with E-state index >= 15 is 0 Å². The number of methoxy groups -OCH3 is 1. The summed E-state index contributed by atoms with van der Waals surface area (Å²) >= 11 is 12.1. The smallest absolute Gasteiger partial charge is 0.244 e. The molecule has 1 heterocycles. The van der Waals surface area contributed by atoms with Crippen LogP contribution in [0, 0.1) is 0 Å². The standard InChI is InChI=1S/C21H32Cl2N6O2.C2H6/c1-5-9-29(24)20(13-22)25-27(6-2)15-21(30)28-11-10-26(14-16(28)3)17-7-8-18(23)19(12-17)31-4;1-2/h5,7-9,12,16H,6,10-11,13-15,24H2,1-4H3;1-2H3/b9-5-,25-20+;. The van der Waals surface area contributed by atoms with Crippen molar-refractivity contribution in [1.82, 2.24) is 14.9 Å². The molecule has 1 fully saturated rings. The highest BCUT2D eigenvalue weighted by Gasteiger charge is 2.28. The SMILES string of the molecule is C/C=C\N(N)/C(CCl)=N/N(CC)CC(=O)N1CCN(c2ccc(Cl)c(OC)c2)CC1C.CC. The van der Waals surface area contributed by atoms with Crippen LogP contribution in [0.15, 0.2) is 35.6 Å². The van der Waals surface area contributed by atoms with Gasteiger partial charge in [-0.2, -0.15) is 5.10 Å². The van der Waals surface area contributed by atoms with Gasteiger partial charge in [-0.25, -0.2) is 5.84 Å². The van der Waals surface area contributed by atoms with Gasteiger partial charge < -0.3 is 14.5 Å². The fourth-order valence-electron chi connectivity index (χ4n) is 3.43. The Morgan fingerprint density at radius 1 is 1.36 bits per heavy atom. The highest BCUT2D eigenvalue weighted by molar-refractivity contribution is 6.32. The summed E-state index contributed by atoms with van der Waals surface area (Å²) in [7, 11) is 1.60. The number of hydrazine groups is 1. The number of ether oxygens (including phenoxy) is 1. The summed E-state index contributed by atoms with van der Waals surface area (Å²) < 4.78 is 5.32. The molecule has 1 atom stereocenters. The Labute approximate surface area is 208 Å². The van der Waals surface area contributed by atoms with Crippen molar-refractivity contribution in [1.29, 1.82) is 0 Å². The van der Waals surface area contributed by atoms with Crippen molar-refractivity contribution in [2.45, 2.75) is 40.7 Å². The maximum atomic E-state index is 13.0. The molecule has 1 amide bonds. The molecule has 0 bridgehead atoms. The third-order valence-corrected chi connectivity index (χ3v) is 5.67. The summed E-state index contributed by atoms with van der Waals surface area (Å²) in [4.78, 5) is 17.1. The van der Waals surface area contributed by atoms with E-state index in [1.54, 1.807) is 24.4 Å². The van der Waals surface area contributed by atoms with E-state index < -0.39 is 0 Å². The molecule has 10 heteroatoms. The van der Waals surface area contributed by atoms with Crippen LogP contribution in [0.1, 0.15) is 34.6 Å². The van der Waals surface area contributed by atoms with E-state index in [1.807, 2.05) is 50.8 Å². The summed E-state index contributed by atoms with van der Waals surface area (Å²) in [5.74, 6) is 7.21. The van der Waals surface area contributed by atoms with Crippen molar-refractivity contribution in [2.24, 2.45) is 10.9 Å². The number of halogens is 2. The number of nitrogens with two attached hydrogens (primary N) is 1. The van der Waals surface area contributed by atoms with E-state index in [0.29, 0.717) is 29.7 Å². The van der Waals surface area contributed by atoms with Gasteiger partial charge in [0.15, 0.2) is 5.84 Å². The minimum Gasteiger partial charge on any atom is -0.495 e. The van der Waals surface area contributed by atoms with Crippen molar-refractivity contribution < 1.29 is 9.53 Å². The summed E-state index contributed by atoms with van der Waals surface area (Å²) in [5.41, 5.74) is 1.03. The third-order valence-electron chi connectivity index (χ3n) is 5.11. The Balaban J connectivity index is 0.00000265. The van der Waals surface area contributed by atoms with Gasteiger partial charge >= 0.3 is 0 Å². The Morgan fingerprint density at radius 2 is 2.06 bits per heavy atom. The van der Waals surface area contributed by atoms with E-state index in [-0.39, 0.29) is 24.4 Å². The van der Waals surface area contributed by atoms with Crippen molar-refractivity contribution >= 4 is 40.6 Å². The number of carbonyl (C=O) groups is 1. The number of piperazine rings is 1. The Hall–Kier alpha value is -2.16. The van der Waals surface area contributed by atoms with Crippen LogP contribution in [-0.2, 0) is 4.79 Å². The van der Waals surface area contributed by atoms with Gasteiger partial charge in [-0.1, -0.05) is 31.5 Å². The molecule has 33 heavy (non-hydrogen) atoms. The molecule has 2 N–H and O–H groups in total. The first-order valence-corrected chi connectivity index (χ1v) is 12.2. The van der Waals surface area contributed by atoms with Gasteiger partial charge in [0.25, 0.3) is 0 Å². The number of nitrogens with zero attached hydrogens (tertiary/aromatic N) is 5. The fourth-order valence-corrected chi connectivity index (χ4v) is 3.82. The first-order valence-electron chi connectivity index (χ1n) is 11.3. The molecule has 1 aliphatic rings. The third kappa shape index (κ3) is 8.28. The number of likely N-dealkylation sites (N-methyl/N-ethyl adjacent to an activating group) is 1. The maximum absolute atomic E-state index is 13.0.